The van der Waals surface area contributed by atoms with Gasteiger partial charge in [0, 0.05) is 22.9 Å². The Hall–Kier alpha value is -4.10. The van der Waals surface area contributed by atoms with Crippen molar-refractivity contribution in [3.63, 3.8) is 0 Å². The smallest absolute Gasteiger partial charge is 0.0576 e. The molecular weight excluding hydrogens is 410 g/mol. The van der Waals surface area contributed by atoms with E-state index in [1.807, 2.05) is 0 Å². The summed E-state index contributed by atoms with van der Waals surface area (Å²) in [5.41, 5.74) is 18.6. The van der Waals surface area contributed by atoms with Crippen molar-refractivity contribution in [3.8, 4) is 27.9 Å². The second-order valence-corrected chi connectivity index (χ2v) is 10.1. The number of rotatable bonds is 0. The van der Waals surface area contributed by atoms with Crippen LogP contribution in [0.15, 0.2) is 91.0 Å². The number of aromatic nitrogens is 1. The van der Waals surface area contributed by atoms with E-state index >= 15 is 0 Å². The van der Waals surface area contributed by atoms with Crippen molar-refractivity contribution in [1.82, 2.24) is 4.57 Å². The van der Waals surface area contributed by atoms with Gasteiger partial charge in [-0.2, -0.15) is 0 Å². The molecule has 0 bridgehead atoms. The van der Waals surface area contributed by atoms with Crippen molar-refractivity contribution >= 4 is 21.8 Å². The standard InChI is InChI=1S/C33H21N/c1-3-9-25-19(6-1)14-21-12-13-22-16-24-17-30-28(18-27(24)32(22)31(21)25)26-10-5-8-23-15-20-7-2-4-11-29(20)34(30)33(23)26/h1-13,17-18H,14-16H2. The van der Waals surface area contributed by atoms with Crippen LogP contribution in [0.2, 0.25) is 0 Å². The molecule has 0 amide bonds. The van der Waals surface area contributed by atoms with E-state index in [2.05, 4.69) is 95.6 Å². The van der Waals surface area contributed by atoms with Gasteiger partial charge in [-0.05, 0) is 86.7 Å². The maximum atomic E-state index is 2.53. The summed E-state index contributed by atoms with van der Waals surface area (Å²) in [6.45, 7) is 0. The first-order valence-corrected chi connectivity index (χ1v) is 12.3. The maximum Gasteiger partial charge on any atom is 0.0576 e. The predicted octanol–water partition coefficient (Wildman–Crippen LogP) is 7.83. The minimum Gasteiger partial charge on any atom is -0.309 e. The van der Waals surface area contributed by atoms with E-state index < -0.39 is 0 Å². The van der Waals surface area contributed by atoms with Crippen molar-refractivity contribution < 1.29 is 0 Å². The third-order valence-electron chi connectivity index (χ3n) is 8.40. The average Bonchev–Trinajstić information content (AvgIpc) is 3.53. The fourth-order valence-electron chi connectivity index (χ4n) is 7.01. The van der Waals surface area contributed by atoms with Crippen LogP contribution in [-0.2, 0) is 19.3 Å². The first kappa shape index (κ1) is 17.4. The fourth-order valence-corrected chi connectivity index (χ4v) is 7.01. The van der Waals surface area contributed by atoms with E-state index in [0.717, 1.165) is 19.3 Å². The Bertz CT molecular complexity index is 1880. The zero-order chi connectivity index (χ0) is 22.0. The van der Waals surface area contributed by atoms with Crippen LogP contribution in [0.3, 0.4) is 0 Å². The largest absolute Gasteiger partial charge is 0.309 e. The lowest BCUT2D eigenvalue weighted by Crippen LogP contribution is -2.07. The van der Waals surface area contributed by atoms with Crippen molar-refractivity contribution in [3.05, 3.63) is 124 Å². The van der Waals surface area contributed by atoms with Gasteiger partial charge in [0.1, 0.15) is 0 Å². The Labute approximate surface area is 197 Å². The highest BCUT2D eigenvalue weighted by Gasteiger charge is 2.30. The molecule has 3 aliphatic rings. The molecule has 0 unspecified atom stereocenters. The summed E-state index contributed by atoms with van der Waals surface area (Å²) in [5, 5.41) is 2.76. The van der Waals surface area contributed by atoms with Crippen LogP contribution in [0, 0.1) is 0 Å². The van der Waals surface area contributed by atoms with E-state index in [4.69, 9.17) is 0 Å². The van der Waals surface area contributed by atoms with Crippen molar-refractivity contribution in [2.45, 2.75) is 19.3 Å². The predicted molar refractivity (Wildman–Crippen MR) is 140 cm³/mol. The van der Waals surface area contributed by atoms with E-state index in [1.54, 1.807) is 0 Å². The van der Waals surface area contributed by atoms with Crippen LogP contribution in [-0.4, -0.2) is 4.57 Å². The van der Waals surface area contributed by atoms with Crippen LogP contribution in [0.1, 0.15) is 33.4 Å². The molecule has 2 heterocycles. The highest BCUT2D eigenvalue weighted by atomic mass is 15.0. The molecule has 34 heavy (non-hydrogen) atoms. The topological polar surface area (TPSA) is 4.93 Å². The van der Waals surface area contributed by atoms with E-state index in [9.17, 15) is 0 Å². The van der Waals surface area contributed by atoms with Crippen LogP contribution < -0.4 is 0 Å². The van der Waals surface area contributed by atoms with Gasteiger partial charge < -0.3 is 4.57 Å². The Morgan fingerprint density at radius 3 is 2.09 bits per heavy atom. The maximum absolute atomic E-state index is 2.53. The molecule has 1 aliphatic heterocycles. The Morgan fingerprint density at radius 1 is 0.471 bits per heavy atom. The number of fused-ring (bicyclic) bond motifs is 12. The van der Waals surface area contributed by atoms with Gasteiger partial charge in [-0.3, -0.25) is 0 Å². The SMILES string of the molecule is c1ccc2c(c1)Cc1ccc3c(c1-2)-c1cc2c4cccc5c4n(c2cc1C3)-c1ccccc1C5. The molecule has 0 fully saturated rings. The molecule has 158 valence electrons. The van der Waals surface area contributed by atoms with E-state index in [0.29, 0.717) is 0 Å². The van der Waals surface area contributed by atoms with Crippen molar-refractivity contribution in [2.24, 2.45) is 0 Å². The van der Waals surface area contributed by atoms with Crippen LogP contribution in [0.25, 0.3) is 49.7 Å². The number of para-hydroxylation sites is 2. The van der Waals surface area contributed by atoms with Crippen LogP contribution in [0.5, 0.6) is 0 Å². The summed E-state index contributed by atoms with van der Waals surface area (Å²) in [6, 6.07) is 34.5. The zero-order valence-electron chi connectivity index (χ0n) is 18.7. The summed E-state index contributed by atoms with van der Waals surface area (Å²) in [4.78, 5) is 0. The van der Waals surface area contributed by atoms with Gasteiger partial charge in [0.2, 0.25) is 0 Å². The Balaban J connectivity index is 1.40. The zero-order valence-corrected chi connectivity index (χ0v) is 18.7. The molecule has 1 heteroatoms. The number of nitrogens with zero attached hydrogens (tertiary/aromatic N) is 1. The molecule has 0 N–H and O–H groups in total. The third-order valence-corrected chi connectivity index (χ3v) is 8.40. The number of hydrogen-bond acceptors (Lipinski definition) is 0. The first-order chi connectivity index (χ1) is 16.8. The molecule has 1 nitrogen and oxygen atoms in total. The van der Waals surface area contributed by atoms with Crippen molar-refractivity contribution in [1.29, 1.82) is 0 Å². The molecular formula is C33H21N. The average molecular weight is 432 g/mol. The summed E-state index contributed by atoms with van der Waals surface area (Å²) < 4.78 is 2.53. The summed E-state index contributed by atoms with van der Waals surface area (Å²) >= 11 is 0. The highest BCUT2D eigenvalue weighted by Crippen LogP contribution is 2.51. The van der Waals surface area contributed by atoms with E-state index in [-0.39, 0.29) is 0 Å². The quantitative estimate of drug-likeness (QED) is 0.231. The molecule has 0 saturated heterocycles. The summed E-state index contributed by atoms with van der Waals surface area (Å²) in [6.07, 6.45) is 3.08. The normalized spacial score (nSPS) is 14.1. The lowest BCUT2D eigenvalue weighted by Gasteiger charge is -2.20. The molecule has 0 atom stereocenters. The molecule has 0 spiro atoms. The third kappa shape index (κ3) is 1.98. The van der Waals surface area contributed by atoms with Gasteiger partial charge in [-0.15, -0.1) is 0 Å². The Kier molecular flexibility index (Phi) is 3.00. The number of hydrogen-bond donors (Lipinski definition) is 0. The van der Waals surface area contributed by atoms with Crippen LogP contribution in [0.4, 0.5) is 0 Å². The molecule has 2 aliphatic carbocycles. The van der Waals surface area contributed by atoms with Gasteiger partial charge in [-0.1, -0.05) is 72.8 Å². The number of benzene rings is 5. The van der Waals surface area contributed by atoms with Crippen LogP contribution >= 0.6 is 0 Å². The highest BCUT2D eigenvalue weighted by molar-refractivity contribution is 6.13. The second-order valence-electron chi connectivity index (χ2n) is 10.1. The molecule has 6 aromatic rings. The van der Waals surface area contributed by atoms with Gasteiger partial charge in [0.15, 0.2) is 0 Å². The van der Waals surface area contributed by atoms with Gasteiger partial charge >= 0.3 is 0 Å². The monoisotopic (exact) mass is 431 g/mol. The molecule has 5 aromatic carbocycles. The van der Waals surface area contributed by atoms with Crippen molar-refractivity contribution in [2.75, 3.05) is 0 Å². The molecule has 9 rings (SSSR count). The minimum atomic E-state index is 1.01. The first-order valence-electron chi connectivity index (χ1n) is 12.3. The molecule has 0 saturated carbocycles. The minimum absolute atomic E-state index is 1.01. The fraction of sp³-hybridized carbons (Fsp3) is 0.0909. The van der Waals surface area contributed by atoms with E-state index in [1.165, 1.54) is 83.1 Å². The van der Waals surface area contributed by atoms with Gasteiger partial charge in [-0.25, -0.2) is 0 Å². The lowest BCUT2D eigenvalue weighted by molar-refractivity contribution is 1.04. The van der Waals surface area contributed by atoms with Gasteiger partial charge in [0.25, 0.3) is 0 Å². The molecule has 1 aromatic heterocycles. The Morgan fingerprint density at radius 2 is 1.18 bits per heavy atom. The summed E-state index contributed by atoms with van der Waals surface area (Å²) in [7, 11) is 0. The lowest BCUT2D eigenvalue weighted by atomic mass is 9.93. The summed E-state index contributed by atoms with van der Waals surface area (Å²) in [5.74, 6) is 0. The molecule has 0 radical (unpaired) electrons. The van der Waals surface area contributed by atoms with Gasteiger partial charge in [0.05, 0.1) is 11.0 Å². The second kappa shape index (κ2) is 5.87.